The molecule has 0 unspecified atom stereocenters. The molecular weight excluding hydrogens is 514 g/mol. The minimum atomic E-state index is -0.555. The highest BCUT2D eigenvalue weighted by Gasteiger charge is 2.24. The summed E-state index contributed by atoms with van der Waals surface area (Å²) in [6.07, 6.45) is 2.83. The van der Waals surface area contributed by atoms with Crippen LogP contribution in [0.2, 0.25) is 0 Å². The molecule has 40 heavy (non-hydrogen) atoms. The number of para-hydroxylation sites is 1. The maximum absolute atomic E-state index is 13.0. The lowest BCUT2D eigenvalue weighted by molar-refractivity contribution is -0.384. The van der Waals surface area contributed by atoms with E-state index < -0.39 is 10.9 Å². The fourth-order valence-corrected chi connectivity index (χ4v) is 4.21. The van der Waals surface area contributed by atoms with Crippen molar-refractivity contribution >= 4 is 39.9 Å². The fourth-order valence-electron chi connectivity index (χ4n) is 4.21. The Hall–Kier alpha value is -4.71. The van der Waals surface area contributed by atoms with Gasteiger partial charge in [0.15, 0.2) is 0 Å². The van der Waals surface area contributed by atoms with E-state index in [0.717, 1.165) is 10.9 Å². The van der Waals surface area contributed by atoms with E-state index in [9.17, 15) is 14.9 Å². The predicted molar refractivity (Wildman–Crippen MR) is 155 cm³/mol. The number of ether oxygens (including phenoxy) is 2. The van der Waals surface area contributed by atoms with Gasteiger partial charge in [-0.15, -0.1) is 0 Å². The van der Waals surface area contributed by atoms with Gasteiger partial charge in [-0.2, -0.15) is 0 Å². The smallest absolute Gasteiger partial charge is 0.342 e. The number of H-pyrrole nitrogens is 1. The Morgan fingerprint density at radius 2 is 1.93 bits per heavy atom. The summed E-state index contributed by atoms with van der Waals surface area (Å²) in [5.41, 5.74) is 2.74. The molecule has 0 aliphatic heterocycles. The molecule has 0 spiro atoms. The van der Waals surface area contributed by atoms with E-state index in [-0.39, 0.29) is 23.3 Å². The molecule has 0 fully saturated rings. The van der Waals surface area contributed by atoms with Gasteiger partial charge in [0.1, 0.15) is 17.0 Å². The monoisotopic (exact) mass is 547 g/mol. The Bertz CT molecular complexity index is 1530. The summed E-state index contributed by atoms with van der Waals surface area (Å²) in [6.45, 7) is 4.82. The molecule has 12 heteroatoms. The number of fused-ring (bicyclic) bond motifs is 1. The second-order valence-electron chi connectivity index (χ2n) is 9.81. The third kappa shape index (κ3) is 6.12. The number of carbonyl (C=O) groups is 1. The lowest BCUT2D eigenvalue weighted by Crippen LogP contribution is -2.29. The normalized spacial score (nSPS) is 11.2. The molecule has 0 radical (unpaired) electrons. The molecule has 0 atom stereocenters. The molecule has 0 bridgehead atoms. The van der Waals surface area contributed by atoms with Crippen molar-refractivity contribution in [2.45, 2.75) is 20.0 Å². The largest absolute Gasteiger partial charge is 0.494 e. The lowest BCUT2D eigenvalue weighted by atomic mass is 10.1. The van der Waals surface area contributed by atoms with Crippen molar-refractivity contribution in [1.82, 2.24) is 19.9 Å². The van der Waals surface area contributed by atoms with Crippen LogP contribution in [0.4, 0.5) is 23.0 Å². The van der Waals surface area contributed by atoms with E-state index in [2.05, 4.69) is 20.3 Å². The number of methoxy groups -OCH3 is 1. The number of hydrogen-bond acceptors (Lipinski definition) is 10. The molecule has 2 heterocycles. The van der Waals surface area contributed by atoms with Crippen LogP contribution in [0.1, 0.15) is 24.2 Å². The third-order valence-electron chi connectivity index (χ3n) is 6.23. The van der Waals surface area contributed by atoms with Crippen LogP contribution in [0.15, 0.2) is 48.8 Å². The number of nitrogens with one attached hydrogen (secondary N) is 2. The molecule has 210 valence electrons. The van der Waals surface area contributed by atoms with Gasteiger partial charge in [-0.1, -0.05) is 18.2 Å². The van der Waals surface area contributed by atoms with E-state index in [0.29, 0.717) is 41.5 Å². The number of rotatable bonds is 11. The van der Waals surface area contributed by atoms with Crippen LogP contribution in [0.25, 0.3) is 22.2 Å². The summed E-state index contributed by atoms with van der Waals surface area (Å²) < 4.78 is 11.0. The van der Waals surface area contributed by atoms with Gasteiger partial charge >= 0.3 is 5.97 Å². The second-order valence-corrected chi connectivity index (χ2v) is 9.81. The molecule has 0 saturated heterocycles. The molecule has 0 aliphatic rings. The zero-order chi connectivity index (χ0) is 29.0. The molecule has 2 aromatic carbocycles. The molecular formula is C28H33N7O5. The number of nitrogens with zero attached hydrogens (tertiary/aromatic N) is 5. The molecule has 2 aromatic heterocycles. The summed E-state index contributed by atoms with van der Waals surface area (Å²) in [5.74, 6) is -0.0549. The maximum Gasteiger partial charge on any atom is 0.342 e. The molecule has 0 saturated carbocycles. The maximum atomic E-state index is 13.0. The minimum absolute atomic E-state index is 0.0986. The van der Waals surface area contributed by atoms with Crippen LogP contribution in [-0.4, -0.2) is 78.2 Å². The Balaban J connectivity index is 1.78. The van der Waals surface area contributed by atoms with Crippen LogP contribution in [-0.2, 0) is 4.74 Å². The van der Waals surface area contributed by atoms with E-state index >= 15 is 0 Å². The van der Waals surface area contributed by atoms with E-state index in [1.165, 1.54) is 19.4 Å². The highest BCUT2D eigenvalue weighted by molar-refractivity contribution is 6.02. The summed E-state index contributed by atoms with van der Waals surface area (Å²) in [5, 5.41) is 15.9. The number of carbonyl (C=O) groups excluding carboxylic acids is 1. The zero-order valence-corrected chi connectivity index (χ0v) is 23.4. The number of esters is 1. The first-order chi connectivity index (χ1) is 19.1. The number of anilines is 3. The molecule has 4 rings (SSSR count). The van der Waals surface area contributed by atoms with Crippen LogP contribution in [0.3, 0.4) is 0 Å². The molecule has 12 nitrogen and oxygen atoms in total. The van der Waals surface area contributed by atoms with E-state index in [4.69, 9.17) is 9.47 Å². The topological polar surface area (TPSA) is 139 Å². The highest BCUT2D eigenvalue weighted by atomic mass is 16.6. The van der Waals surface area contributed by atoms with Crippen LogP contribution in [0, 0.1) is 10.1 Å². The van der Waals surface area contributed by atoms with Gasteiger partial charge in [0, 0.05) is 61.1 Å². The summed E-state index contributed by atoms with van der Waals surface area (Å²) in [7, 11) is 7.16. The lowest BCUT2D eigenvalue weighted by Gasteiger charge is -2.22. The molecule has 2 N–H and O–H groups in total. The summed E-state index contributed by atoms with van der Waals surface area (Å²) in [6, 6.07) is 10.7. The Morgan fingerprint density at radius 3 is 2.60 bits per heavy atom. The van der Waals surface area contributed by atoms with Gasteiger partial charge in [0.2, 0.25) is 5.95 Å². The van der Waals surface area contributed by atoms with Crippen LogP contribution < -0.4 is 15.0 Å². The number of benzene rings is 2. The van der Waals surface area contributed by atoms with Crippen molar-refractivity contribution in [2.75, 3.05) is 51.6 Å². The zero-order valence-electron chi connectivity index (χ0n) is 23.4. The number of aromatic nitrogens is 3. The Kier molecular flexibility index (Phi) is 8.49. The summed E-state index contributed by atoms with van der Waals surface area (Å²) in [4.78, 5) is 40.6. The van der Waals surface area contributed by atoms with Crippen molar-refractivity contribution < 1.29 is 19.2 Å². The Labute approximate surface area is 232 Å². The standard InChI is InChI=1S/C28H33N7O5/c1-17(2)40-27(36)20-16-30-28(32-26(20)19-15-29-21-10-8-7-9-18(19)21)31-22-13-24(35(37)38)23(14-25(22)39-6)34(5)12-11-33(3)4/h7-10,13-17,29H,11-12H2,1-6H3,(H,30,31,32). The van der Waals surface area contributed by atoms with Crippen molar-refractivity contribution in [1.29, 1.82) is 0 Å². The van der Waals surface area contributed by atoms with Gasteiger partial charge in [-0.3, -0.25) is 10.1 Å². The van der Waals surface area contributed by atoms with E-state index in [1.807, 2.05) is 48.2 Å². The average Bonchev–Trinajstić information content (AvgIpc) is 3.35. The summed E-state index contributed by atoms with van der Waals surface area (Å²) >= 11 is 0. The number of nitro groups is 1. The van der Waals surface area contributed by atoms with Crippen molar-refractivity contribution in [3.63, 3.8) is 0 Å². The predicted octanol–water partition coefficient (Wildman–Crippen LogP) is 4.85. The highest BCUT2D eigenvalue weighted by Crippen LogP contribution is 2.39. The third-order valence-corrected chi connectivity index (χ3v) is 6.23. The van der Waals surface area contributed by atoms with Crippen molar-refractivity contribution in [2.24, 2.45) is 0 Å². The van der Waals surface area contributed by atoms with Crippen LogP contribution in [0.5, 0.6) is 5.75 Å². The van der Waals surface area contributed by atoms with Crippen LogP contribution >= 0.6 is 0 Å². The van der Waals surface area contributed by atoms with Gasteiger partial charge in [-0.05, 0) is 34.0 Å². The van der Waals surface area contributed by atoms with Crippen molar-refractivity contribution in [3.05, 3.63) is 64.5 Å². The average molecular weight is 548 g/mol. The van der Waals surface area contributed by atoms with Gasteiger partial charge < -0.3 is 29.6 Å². The number of aromatic amines is 1. The van der Waals surface area contributed by atoms with Crippen molar-refractivity contribution in [3.8, 4) is 17.0 Å². The molecule has 4 aromatic rings. The SMILES string of the molecule is COc1cc(N(C)CCN(C)C)c([N+](=O)[O-])cc1Nc1ncc(C(=O)OC(C)C)c(-c2c[nH]c3ccccc23)n1. The van der Waals surface area contributed by atoms with E-state index in [1.54, 1.807) is 33.2 Å². The Morgan fingerprint density at radius 1 is 1.18 bits per heavy atom. The number of nitro benzene ring substituents is 1. The fraction of sp³-hybridized carbons (Fsp3) is 0.321. The first-order valence-electron chi connectivity index (χ1n) is 12.7. The first kappa shape index (κ1) is 28.3. The van der Waals surface area contributed by atoms with Gasteiger partial charge in [0.25, 0.3) is 5.69 Å². The van der Waals surface area contributed by atoms with Gasteiger partial charge in [0.05, 0.1) is 29.5 Å². The quantitative estimate of drug-likeness (QED) is 0.152. The molecule has 0 aliphatic carbocycles. The second kappa shape index (κ2) is 12.0. The van der Waals surface area contributed by atoms with Gasteiger partial charge in [-0.25, -0.2) is 14.8 Å². The number of hydrogen-bond donors (Lipinski definition) is 2. The first-order valence-corrected chi connectivity index (χ1v) is 12.7. The molecule has 0 amide bonds. The number of likely N-dealkylation sites (N-methyl/N-ethyl adjacent to an activating group) is 2. The minimum Gasteiger partial charge on any atom is -0.494 e.